The summed E-state index contributed by atoms with van der Waals surface area (Å²) in [7, 11) is 2.23. The Morgan fingerprint density at radius 1 is 1.15 bits per heavy atom. The summed E-state index contributed by atoms with van der Waals surface area (Å²) in [5.74, 6) is 3.30. The lowest BCUT2D eigenvalue weighted by atomic mass is 9.79. The summed E-state index contributed by atoms with van der Waals surface area (Å²) in [6.45, 7) is 7.87. The van der Waals surface area contributed by atoms with Crippen LogP contribution in [0.4, 0.5) is 5.82 Å². The van der Waals surface area contributed by atoms with Crippen LogP contribution in [-0.2, 0) is 4.79 Å². The zero-order valence-corrected chi connectivity index (χ0v) is 16.7. The summed E-state index contributed by atoms with van der Waals surface area (Å²) in [4.78, 5) is 26.6. The summed E-state index contributed by atoms with van der Waals surface area (Å²) in [5.41, 5.74) is 0.690. The molecule has 5 heteroatoms. The molecule has 3 aliphatic rings. The zero-order chi connectivity index (χ0) is 19.0. The lowest BCUT2D eigenvalue weighted by molar-refractivity contribution is -0.116. The van der Waals surface area contributed by atoms with E-state index in [1.165, 1.54) is 12.8 Å². The van der Waals surface area contributed by atoms with Gasteiger partial charge in [0.05, 0.1) is 0 Å². The molecule has 0 amide bonds. The van der Waals surface area contributed by atoms with Crippen LogP contribution in [0.1, 0.15) is 63.6 Å². The van der Waals surface area contributed by atoms with Gasteiger partial charge in [-0.15, -0.1) is 0 Å². The van der Waals surface area contributed by atoms with Crippen molar-refractivity contribution < 1.29 is 4.79 Å². The molecule has 5 nitrogen and oxygen atoms in total. The zero-order valence-electron chi connectivity index (χ0n) is 16.7. The SMILES string of the molecule is C=C(C)C(=O)CC1CCC(c2nccc(N3C4CCC3CN(C)C4)n2)CC1. The molecule has 0 aromatic carbocycles. The fourth-order valence-corrected chi connectivity index (χ4v) is 5.25. The van der Waals surface area contributed by atoms with Crippen LogP contribution in [0.2, 0.25) is 0 Å². The number of hydrogen-bond acceptors (Lipinski definition) is 5. The van der Waals surface area contributed by atoms with Crippen molar-refractivity contribution in [2.24, 2.45) is 5.92 Å². The minimum Gasteiger partial charge on any atom is -0.348 e. The molecule has 4 rings (SSSR count). The lowest BCUT2D eigenvalue weighted by Crippen LogP contribution is -2.52. The Bertz CT molecular complexity index is 696. The van der Waals surface area contributed by atoms with Gasteiger partial charge in [-0.05, 0) is 70.1 Å². The molecule has 0 radical (unpaired) electrons. The Labute approximate surface area is 162 Å². The van der Waals surface area contributed by atoms with Gasteiger partial charge in [0, 0.05) is 43.7 Å². The molecule has 146 valence electrons. The Balaban J connectivity index is 1.41. The number of likely N-dealkylation sites (N-methyl/N-ethyl adjacent to an activating group) is 1. The maximum atomic E-state index is 11.9. The largest absolute Gasteiger partial charge is 0.348 e. The van der Waals surface area contributed by atoms with Gasteiger partial charge >= 0.3 is 0 Å². The van der Waals surface area contributed by atoms with Gasteiger partial charge < -0.3 is 9.80 Å². The van der Waals surface area contributed by atoms with E-state index in [1.54, 1.807) is 0 Å². The van der Waals surface area contributed by atoms with Crippen molar-refractivity contribution >= 4 is 11.6 Å². The van der Waals surface area contributed by atoms with Crippen molar-refractivity contribution in [1.82, 2.24) is 14.9 Å². The fraction of sp³-hybridized carbons (Fsp3) is 0.682. The molecular weight excluding hydrogens is 336 g/mol. The van der Waals surface area contributed by atoms with Crippen LogP contribution >= 0.6 is 0 Å². The summed E-state index contributed by atoms with van der Waals surface area (Å²) in [6, 6.07) is 3.29. The number of anilines is 1. The second kappa shape index (κ2) is 7.70. The third kappa shape index (κ3) is 3.93. The highest BCUT2D eigenvalue weighted by molar-refractivity contribution is 5.94. The molecule has 1 aromatic heterocycles. The number of carbonyl (C=O) groups is 1. The van der Waals surface area contributed by atoms with Crippen LogP contribution in [0.15, 0.2) is 24.4 Å². The number of ketones is 1. The summed E-state index contributed by atoms with van der Waals surface area (Å²) < 4.78 is 0. The lowest BCUT2D eigenvalue weighted by Gasteiger charge is -2.40. The molecular formula is C22H32N4O. The monoisotopic (exact) mass is 368 g/mol. The van der Waals surface area contributed by atoms with Crippen LogP contribution in [0.25, 0.3) is 0 Å². The van der Waals surface area contributed by atoms with E-state index in [0.717, 1.165) is 50.4 Å². The van der Waals surface area contributed by atoms with Crippen LogP contribution in [0.5, 0.6) is 0 Å². The highest BCUT2D eigenvalue weighted by Gasteiger charge is 2.39. The molecule has 2 aliphatic heterocycles. The van der Waals surface area contributed by atoms with Crippen molar-refractivity contribution in [2.75, 3.05) is 25.0 Å². The molecule has 3 fully saturated rings. The van der Waals surface area contributed by atoms with Gasteiger partial charge in [0.15, 0.2) is 5.78 Å². The molecule has 2 atom stereocenters. The Morgan fingerprint density at radius 2 is 1.81 bits per heavy atom. The highest BCUT2D eigenvalue weighted by atomic mass is 16.1. The first-order valence-corrected chi connectivity index (χ1v) is 10.5. The third-order valence-corrected chi connectivity index (χ3v) is 6.75. The van der Waals surface area contributed by atoms with Crippen molar-refractivity contribution in [3.63, 3.8) is 0 Å². The predicted octanol–water partition coefficient (Wildman–Crippen LogP) is 3.57. The van der Waals surface area contributed by atoms with E-state index >= 15 is 0 Å². The van der Waals surface area contributed by atoms with Gasteiger partial charge in [-0.2, -0.15) is 0 Å². The van der Waals surface area contributed by atoms with E-state index in [2.05, 4.69) is 34.5 Å². The first kappa shape index (κ1) is 18.6. The van der Waals surface area contributed by atoms with E-state index < -0.39 is 0 Å². The van der Waals surface area contributed by atoms with E-state index in [4.69, 9.17) is 4.98 Å². The van der Waals surface area contributed by atoms with Crippen molar-refractivity contribution in [3.05, 3.63) is 30.2 Å². The van der Waals surface area contributed by atoms with Crippen molar-refractivity contribution in [2.45, 2.75) is 69.9 Å². The topological polar surface area (TPSA) is 49.3 Å². The standard InChI is InChI=1S/C22H32N4O/c1-15(2)20(27)12-16-4-6-17(7-5-16)22-23-11-10-21(24-22)26-18-8-9-19(26)14-25(3)13-18/h10-11,16-19H,1,4-9,12-14H2,2-3H3. The maximum Gasteiger partial charge on any atom is 0.158 e. The number of aromatic nitrogens is 2. The second-order valence-electron chi connectivity index (χ2n) is 8.91. The van der Waals surface area contributed by atoms with Crippen molar-refractivity contribution in [1.29, 1.82) is 0 Å². The van der Waals surface area contributed by atoms with Crippen LogP contribution in [0.3, 0.4) is 0 Å². The number of carbonyl (C=O) groups excluding carboxylic acids is 1. The second-order valence-corrected chi connectivity index (χ2v) is 8.91. The molecule has 2 unspecified atom stereocenters. The number of piperazine rings is 1. The normalized spacial score (nSPS) is 31.1. The minimum absolute atomic E-state index is 0.224. The number of nitrogens with zero attached hydrogens (tertiary/aromatic N) is 4. The molecule has 1 saturated carbocycles. The first-order chi connectivity index (χ1) is 13.0. The third-order valence-electron chi connectivity index (χ3n) is 6.75. The number of likely N-dealkylation sites (tertiary alicyclic amines) is 1. The Hall–Kier alpha value is -1.75. The number of hydrogen-bond donors (Lipinski definition) is 0. The number of Topliss-reactive ketones (excluding diaryl/α,β-unsaturated/α-hetero) is 1. The molecule has 0 spiro atoms. The van der Waals surface area contributed by atoms with Crippen LogP contribution in [-0.4, -0.2) is 52.9 Å². The number of fused-ring (bicyclic) bond motifs is 2. The van der Waals surface area contributed by atoms with E-state index in [0.29, 0.717) is 35.9 Å². The summed E-state index contributed by atoms with van der Waals surface area (Å²) in [6.07, 6.45) is 9.53. The average Bonchev–Trinajstić information content (AvgIpc) is 2.93. The number of rotatable bonds is 5. The van der Waals surface area contributed by atoms with Crippen LogP contribution in [0, 0.1) is 5.92 Å². The molecule has 3 heterocycles. The molecule has 1 aliphatic carbocycles. The number of allylic oxidation sites excluding steroid dienone is 1. The molecule has 2 bridgehead atoms. The Morgan fingerprint density at radius 3 is 2.44 bits per heavy atom. The smallest absolute Gasteiger partial charge is 0.158 e. The summed E-state index contributed by atoms with van der Waals surface area (Å²) in [5, 5.41) is 0. The summed E-state index contributed by atoms with van der Waals surface area (Å²) >= 11 is 0. The van der Waals surface area contributed by atoms with E-state index in [9.17, 15) is 4.79 Å². The average molecular weight is 369 g/mol. The van der Waals surface area contributed by atoms with Gasteiger partial charge in [-0.3, -0.25) is 4.79 Å². The quantitative estimate of drug-likeness (QED) is 0.744. The first-order valence-electron chi connectivity index (χ1n) is 10.5. The predicted molar refractivity (Wildman–Crippen MR) is 108 cm³/mol. The molecule has 2 saturated heterocycles. The van der Waals surface area contributed by atoms with Crippen molar-refractivity contribution in [3.8, 4) is 0 Å². The minimum atomic E-state index is 0.224. The van der Waals surface area contributed by atoms with Gasteiger partial charge in [-0.1, -0.05) is 6.58 Å². The Kier molecular flexibility index (Phi) is 5.31. The molecule has 0 N–H and O–H groups in total. The maximum absolute atomic E-state index is 11.9. The van der Waals surface area contributed by atoms with E-state index in [1.807, 2.05) is 13.1 Å². The highest BCUT2D eigenvalue weighted by Crippen LogP contribution is 2.38. The van der Waals surface area contributed by atoms with E-state index in [-0.39, 0.29) is 5.78 Å². The van der Waals surface area contributed by atoms with Crippen LogP contribution < -0.4 is 4.90 Å². The fourth-order valence-electron chi connectivity index (χ4n) is 5.25. The van der Waals surface area contributed by atoms with Gasteiger partial charge in [0.2, 0.25) is 0 Å². The molecule has 1 aromatic rings. The van der Waals surface area contributed by atoms with Gasteiger partial charge in [0.1, 0.15) is 11.6 Å². The van der Waals surface area contributed by atoms with Gasteiger partial charge in [-0.25, -0.2) is 9.97 Å². The van der Waals surface area contributed by atoms with Gasteiger partial charge in [0.25, 0.3) is 0 Å². The molecule has 27 heavy (non-hydrogen) atoms.